The number of benzene rings is 2. The topological polar surface area (TPSA) is 69.2 Å². The third-order valence-corrected chi connectivity index (χ3v) is 6.13. The number of alkyl halides is 3. The fourth-order valence-electron chi connectivity index (χ4n) is 4.30. The van der Waals surface area contributed by atoms with E-state index in [0.717, 1.165) is 29.9 Å². The lowest BCUT2D eigenvalue weighted by Gasteiger charge is -2.34. The fourth-order valence-corrected chi connectivity index (χ4v) is 4.30. The zero-order valence-electron chi connectivity index (χ0n) is 18.2. The molecule has 1 saturated carbocycles. The maximum atomic E-state index is 12.6. The Kier molecular flexibility index (Phi) is 6.49. The summed E-state index contributed by atoms with van der Waals surface area (Å²) >= 11 is 0. The largest absolute Gasteiger partial charge is 0.573 e. The van der Waals surface area contributed by atoms with Gasteiger partial charge in [0, 0.05) is 24.4 Å². The van der Waals surface area contributed by atoms with Crippen molar-refractivity contribution in [3.8, 4) is 11.5 Å². The van der Waals surface area contributed by atoms with E-state index in [1.165, 1.54) is 24.3 Å². The molecule has 0 bridgehead atoms. The Morgan fingerprint density at radius 2 is 1.88 bits per heavy atom. The van der Waals surface area contributed by atoms with Crippen LogP contribution in [0.3, 0.4) is 0 Å². The molecule has 1 fully saturated rings. The minimum absolute atomic E-state index is 0.0626. The van der Waals surface area contributed by atoms with Gasteiger partial charge in [0.1, 0.15) is 17.1 Å². The molecule has 0 radical (unpaired) electrons. The lowest BCUT2D eigenvalue weighted by atomic mass is 9.76. The highest BCUT2D eigenvalue weighted by Crippen LogP contribution is 2.41. The van der Waals surface area contributed by atoms with Gasteiger partial charge in [0.2, 0.25) is 5.91 Å². The summed E-state index contributed by atoms with van der Waals surface area (Å²) in [5.41, 5.74) is 2.18. The maximum Gasteiger partial charge on any atom is 0.573 e. The van der Waals surface area contributed by atoms with Gasteiger partial charge in [-0.05, 0) is 55.5 Å². The molecule has 1 aliphatic carbocycles. The minimum atomic E-state index is -4.73. The molecule has 9 heteroatoms. The van der Waals surface area contributed by atoms with E-state index in [2.05, 4.69) is 15.2 Å². The zero-order valence-corrected chi connectivity index (χ0v) is 18.2. The summed E-state index contributed by atoms with van der Waals surface area (Å²) in [6, 6.07) is 13.2. The predicted octanol–water partition coefficient (Wildman–Crippen LogP) is 4.96. The third kappa shape index (κ3) is 5.77. The van der Waals surface area contributed by atoms with Gasteiger partial charge in [0.25, 0.3) is 0 Å². The first-order valence-electron chi connectivity index (χ1n) is 10.8. The van der Waals surface area contributed by atoms with Gasteiger partial charge >= 0.3 is 6.36 Å². The van der Waals surface area contributed by atoms with E-state index < -0.39 is 6.36 Å². The van der Waals surface area contributed by atoms with E-state index in [1.807, 2.05) is 24.3 Å². The van der Waals surface area contributed by atoms with Crippen LogP contribution in [0.1, 0.15) is 43.2 Å². The number of carbonyl (C=O) groups is 1. The van der Waals surface area contributed by atoms with Crippen molar-refractivity contribution >= 4 is 11.6 Å². The molecule has 176 valence electrons. The molecule has 1 amide bonds. The van der Waals surface area contributed by atoms with E-state index in [1.54, 1.807) is 7.11 Å². The van der Waals surface area contributed by atoms with E-state index in [-0.39, 0.29) is 29.7 Å². The number of rotatable bonds is 6. The second-order valence-electron chi connectivity index (χ2n) is 8.40. The molecule has 1 aliphatic heterocycles. The molecule has 1 N–H and O–H groups in total. The summed E-state index contributed by atoms with van der Waals surface area (Å²) in [6.45, 7) is 0.242. The molecule has 0 aromatic heterocycles. The van der Waals surface area contributed by atoms with Crippen molar-refractivity contribution in [1.29, 1.82) is 0 Å². The molecule has 0 saturated heterocycles. The van der Waals surface area contributed by atoms with Crippen molar-refractivity contribution < 1.29 is 32.3 Å². The second-order valence-corrected chi connectivity index (χ2v) is 8.40. The smallest absolute Gasteiger partial charge is 0.497 e. The van der Waals surface area contributed by atoms with Crippen LogP contribution < -0.4 is 14.8 Å². The standard InChI is InChI=1S/C24H25F3N2O4/c1-31-20-4-2-3-18(13-20)21-14-23(33-29-21)11-9-17(10-12-23)22(30)28-15-16-5-7-19(8-6-16)32-24(25,26)27/h2-8,13,17H,9-12,14-15H2,1H3,(H,28,30). The highest BCUT2D eigenvalue weighted by Gasteiger charge is 2.44. The van der Waals surface area contributed by atoms with Gasteiger partial charge in [-0.25, -0.2) is 0 Å². The van der Waals surface area contributed by atoms with Crippen LogP contribution in [-0.2, 0) is 16.2 Å². The maximum absolute atomic E-state index is 12.6. The first kappa shape index (κ1) is 22.9. The molecule has 1 heterocycles. The Balaban J connectivity index is 1.25. The quantitative estimate of drug-likeness (QED) is 0.659. The summed E-state index contributed by atoms with van der Waals surface area (Å²) in [5, 5.41) is 7.19. The van der Waals surface area contributed by atoms with Crippen molar-refractivity contribution in [1.82, 2.24) is 5.32 Å². The van der Waals surface area contributed by atoms with Gasteiger partial charge in [0.05, 0.1) is 12.8 Å². The highest BCUT2D eigenvalue weighted by molar-refractivity contribution is 6.02. The van der Waals surface area contributed by atoms with Crippen molar-refractivity contribution in [2.24, 2.45) is 11.1 Å². The van der Waals surface area contributed by atoms with E-state index in [4.69, 9.17) is 9.57 Å². The van der Waals surface area contributed by atoms with Crippen molar-refractivity contribution in [3.63, 3.8) is 0 Å². The van der Waals surface area contributed by atoms with Crippen LogP contribution in [0.4, 0.5) is 13.2 Å². The van der Waals surface area contributed by atoms with Crippen LogP contribution in [0.5, 0.6) is 11.5 Å². The Bertz CT molecular complexity index is 1010. The van der Waals surface area contributed by atoms with Gasteiger partial charge in [-0.2, -0.15) is 0 Å². The fraction of sp³-hybridized carbons (Fsp3) is 0.417. The zero-order chi connectivity index (χ0) is 23.5. The van der Waals surface area contributed by atoms with E-state index in [0.29, 0.717) is 24.8 Å². The normalized spacial score (nSPS) is 22.4. The molecule has 4 rings (SSSR count). The number of hydrogen-bond donors (Lipinski definition) is 1. The first-order valence-corrected chi connectivity index (χ1v) is 10.8. The first-order chi connectivity index (χ1) is 15.8. The lowest BCUT2D eigenvalue weighted by molar-refractivity contribution is -0.274. The summed E-state index contributed by atoms with van der Waals surface area (Å²) < 4.78 is 45.9. The number of carbonyl (C=O) groups excluding carboxylic acids is 1. The average Bonchev–Trinajstić information content (AvgIpc) is 3.21. The van der Waals surface area contributed by atoms with E-state index in [9.17, 15) is 18.0 Å². The van der Waals surface area contributed by atoms with Gasteiger partial charge < -0.3 is 19.6 Å². The number of ether oxygens (including phenoxy) is 2. The number of methoxy groups -OCH3 is 1. The Morgan fingerprint density at radius 3 is 2.55 bits per heavy atom. The van der Waals surface area contributed by atoms with Crippen LogP contribution in [0, 0.1) is 5.92 Å². The molecule has 2 aromatic carbocycles. The Morgan fingerprint density at radius 1 is 1.15 bits per heavy atom. The summed E-state index contributed by atoms with van der Waals surface area (Å²) in [5.74, 6) is 0.279. The SMILES string of the molecule is COc1cccc(C2=NOC3(CCC(C(=O)NCc4ccc(OC(F)(F)F)cc4)CC3)C2)c1. The van der Waals surface area contributed by atoms with Crippen LogP contribution in [-0.4, -0.2) is 30.7 Å². The van der Waals surface area contributed by atoms with E-state index >= 15 is 0 Å². The molecule has 0 unspecified atom stereocenters. The van der Waals surface area contributed by atoms with Crippen LogP contribution in [0.2, 0.25) is 0 Å². The number of amides is 1. The molecule has 1 spiro atoms. The summed E-state index contributed by atoms with van der Waals surface area (Å²) in [6.07, 6.45) is -1.20. The number of nitrogens with one attached hydrogen (secondary N) is 1. The van der Waals surface area contributed by atoms with Gasteiger partial charge in [-0.1, -0.05) is 29.4 Å². The van der Waals surface area contributed by atoms with Crippen LogP contribution >= 0.6 is 0 Å². The van der Waals surface area contributed by atoms with Gasteiger partial charge in [-0.15, -0.1) is 13.2 Å². The molecule has 33 heavy (non-hydrogen) atoms. The lowest BCUT2D eigenvalue weighted by Crippen LogP contribution is -2.39. The molecule has 2 aliphatic rings. The second kappa shape index (κ2) is 9.33. The van der Waals surface area contributed by atoms with Crippen molar-refractivity contribution in [3.05, 3.63) is 59.7 Å². The number of nitrogens with zero attached hydrogens (tertiary/aromatic N) is 1. The molecular weight excluding hydrogens is 437 g/mol. The third-order valence-electron chi connectivity index (χ3n) is 6.13. The van der Waals surface area contributed by atoms with Crippen LogP contribution in [0.15, 0.2) is 53.7 Å². The number of hydrogen-bond acceptors (Lipinski definition) is 5. The minimum Gasteiger partial charge on any atom is -0.497 e. The Labute approximate surface area is 189 Å². The van der Waals surface area contributed by atoms with Gasteiger partial charge in [-0.3, -0.25) is 4.79 Å². The highest BCUT2D eigenvalue weighted by atomic mass is 19.4. The molecule has 2 aromatic rings. The molecule has 6 nitrogen and oxygen atoms in total. The number of oxime groups is 1. The van der Waals surface area contributed by atoms with Crippen LogP contribution in [0.25, 0.3) is 0 Å². The van der Waals surface area contributed by atoms with Crippen molar-refractivity contribution in [2.45, 2.75) is 50.6 Å². The Hall–Kier alpha value is -3.23. The molecule has 0 atom stereocenters. The summed E-state index contributed by atoms with van der Waals surface area (Å²) in [7, 11) is 1.62. The summed E-state index contributed by atoms with van der Waals surface area (Å²) in [4.78, 5) is 18.5. The van der Waals surface area contributed by atoms with Crippen molar-refractivity contribution in [2.75, 3.05) is 7.11 Å². The molecular formula is C24H25F3N2O4. The monoisotopic (exact) mass is 462 g/mol. The predicted molar refractivity (Wildman–Crippen MR) is 115 cm³/mol. The number of halogens is 3. The van der Waals surface area contributed by atoms with Gasteiger partial charge in [0.15, 0.2) is 0 Å². The average molecular weight is 462 g/mol.